The van der Waals surface area contributed by atoms with Crippen LogP contribution in [0, 0.1) is 5.82 Å². The minimum Gasteiger partial charge on any atom is -0.496 e. The topological polar surface area (TPSA) is 77.1 Å². The molecule has 0 fully saturated rings. The summed E-state index contributed by atoms with van der Waals surface area (Å²) < 4.78 is 31.7. The summed E-state index contributed by atoms with van der Waals surface area (Å²) in [5.74, 6) is -0.373. The highest BCUT2D eigenvalue weighted by Gasteiger charge is 2.35. The number of hydrogen-bond donors (Lipinski definition) is 1. The molecule has 7 nitrogen and oxygen atoms in total. The Hall–Kier alpha value is -4.85. The quantitative estimate of drug-likeness (QED) is 0.269. The molecular weight excluding hydrogens is 499 g/mol. The number of esters is 1. The maximum absolute atomic E-state index is 15.0. The number of hydrogen-bond acceptors (Lipinski definition) is 6. The zero-order valence-corrected chi connectivity index (χ0v) is 21.5. The summed E-state index contributed by atoms with van der Waals surface area (Å²) in [6, 6.07) is 25.6. The Bertz CT molecular complexity index is 1520. The molecule has 0 spiro atoms. The van der Waals surface area contributed by atoms with E-state index in [0.29, 0.717) is 39.4 Å². The van der Waals surface area contributed by atoms with Crippen LogP contribution in [0.2, 0.25) is 0 Å². The molecule has 0 aliphatic carbocycles. The number of para-hydroxylation sites is 3. The number of anilines is 2. The summed E-state index contributed by atoms with van der Waals surface area (Å²) in [5, 5.41) is 3.39. The van der Waals surface area contributed by atoms with Crippen LogP contribution in [-0.4, -0.2) is 25.6 Å². The van der Waals surface area contributed by atoms with Crippen LogP contribution in [0.5, 0.6) is 11.5 Å². The van der Waals surface area contributed by atoms with E-state index in [9.17, 15) is 14.0 Å². The lowest BCUT2D eigenvalue weighted by Crippen LogP contribution is -2.43. The fraction of sp³-hybridized carbons (Fsp3) is 0.161. The molecule has 0 radical (unpaired) electrons. The van der Waals surface area contributed by atoms with Crippen molar-refractivity contribution in [2.24, 2.45) is 0 Å². The number of nitrogens with zero attached hydrogens (tertiary/aromatic N) is 1. The van der Waals surface area contributed by atoms with Crippen LogP contribution in [0.4, 0.5) is 15.8 Å². The van der Waals surface area contributed by atoms with E-state index in [2.05, 4.69) is 5.32 Å². The van der Waals surface area contributed by atoms with Crippen molar-refractivity contribution in [2.45, 2.75) is 19.7 Å². The largest absolute Gasteiger partial charge is 0.496 e. The van der Waals surface area contributed by atoms with Gasteiger partial charge in [-0.25, -0.2) is 9.18 Å². The molecule has 0 unspecified atom stereocenters. The van der Waals surface area contributed by atoms with E-state index in [-0.39, 0.29) is 24.8 Å². The molecule has 0 bridgehead atoms. The van der Waals surface area contributed by atoms with Gasteiger partial charge in [-0.05, 0) is 61.0 Å². The highest BCUT2D eigenvalue weighted by atomic mass is 19.1. The third-order valence-corrected chi connectivity index (χ3v) is 6.42. The van der Waals surface area contributed by atoms with Gasteiger partial charge >= 0.3 is 5.97 Å². The van der Waals surface area contributed by atoms with Crippen LogP contribution in [0.15, 0.2) is 91.0 Å². The molecule has 1 amide bonds. The molecule has 0 saturated carbocycles. The van der Waals surface area contributed by atoms with Gasteiger partial charge in [0.15, 0.2) is 0 Å². The van der Waals surface area contributed by atoms with Gasteiger partial charge in [-0.1, -0.05) is 42.5 Å². The Balaban J connectivity index is 1.52. The number of fused-ring (bicyclic) bond motifs is 1. The molecule has 1 N–H and O–H groups in total. The number of ether oxygens (including phenoxy) is 3. The van der Waals surface area contributed by atoms with Gasteiger partial charge in [0.1, 0.15) is 35.7 Å². The molecular formula is C31H27FN2O5. The Morgan fingerprint density at radius 1 is 0.949 bits per heavy atom. The zero-order chi connectivity index (χ0) is 27.4. The van der Waals surface area contributed by atoms with Gasteiger partial charge in [0, 0.05) is 11.3 Å². The van der Waals surface area contributed by atoms with Crippen molar-refractivity contribution < 1.29 is 28.2 Å². The second-order valence-electron chi connectivity index (χ2n) is 8.80. The van der Waals surface area contributed by atoms with Crippen molar-refractivity contribution in [1.82, 2.24) is 0 Å². The molecule has 0 saturated heterocycles. The van der Waals surface area contributed by atoms with E-state index >= 15 is 0 Å². The number of nitrogens with one attached hydrogen (secondary N) is 1. The second kappa shape index (κ2) is 11.3. The van der Waals surface area contributed by atoms with Gasteiger partial charge in [-0.2, -0.15) is 0 Å². The van der Waals surface area contributed by atoms with Crippen LogP contribution in [0.3, 0.4) is 0 Å². The van der Waals surface area contributed by atoms with Crippen molar-refractivity contribution in [3.05, 3.63) is 119 Å². The first kappa shape index (κ1) is 25.8. The van der Waals surface area contributed by atoms with Gasteiger partial charge in [0.25, 0.3) is 5.91 Å². The molecule has 1 atom stereocenters. The van der Waals surface area contributed by atoms with E-state index < -0.39 is 18.0 Å². The van der Waals surface area contributed by atoms with Gasteiger partial charge in [-0.3, -0.25) is 9.69 Å². The van der Waals surface area contributed by atoms with Crippen molar-refractivity contribution in [3.63, 3.8) is 0 Å². The average molecular weight is 527 g/mol. The van der Waals surface area contributed by atoms with Gasteiger partial charge in [0.2, 0.25) is 0 Å². The van der Waals surface area contributed by atoms with E-state index in [1.807, 2.05) is 24.3 Å². The second-order valence-corrected chi connectivity index (χ2v) is 8.80. The van der Waals surface area contributed by atoms with Crippen LogP contribution >= 0.6 is 0 Å². The minimum atomic E-state index is -0.708. The van der Waals surface area contributed by atoms with E-state index in [1.165, 1.54) is 11.0 Å². The molecule has 1 aliphatic heterocycles. The number of carbonyl (C=O) groups is 2. The standard InChI is InChI=1S/C31H27FN2O5/c1-3-38-31(36)23-11-5-9-15-28(23)39-19-21-18-20(16-17-27(21)37-2)29-33-25-13-7-4-10-22(25)30(35)34(29)26-14-8-6-12-24(26)32/h4-18,29,33H,3,19H2,1-2H3/t29-/m1/s1. The number of benzene rings is 4. The molecule has 39 heavy (non-hydrogen) atoms. The van der Waals surface area contributed by atoms with Crippen LogP contribution in [0.1, 0.15) is 44.9 Å². The molecule has 8 heteroatoms. The molecule has 1 aliphatic rings. The first-order valence-electron chi connectivity index (χ1n) is 12.5. The first-order valence-corrected chi connectivity index (χ1v) is 12.5. The average Bonchev–Trinajstić information content (AvgIpc) is 2.97. The van der Waals surface area contributed by atoms with E-state index in [1.54, 1.807) is 74.7 Å². The molecule has 198 valence electrons. The SMILES string of the molecule is CCOC(=O)c1ccccc1OCc1cc([C@@H]2Nc3ccccc3C(=O)N2c2ccccc2F)ccc1OC. The summed E-state index contributed by atoms with van der Waals surface area (Å²) in [6.07, 6.45) is -0.708. The number of carbonyl (C=O) groups excluding carboxylic acids is 2. The summed E-state index contributed by atoms with van der Waals surface area (Å²) in [4.78, 5) is 27.5. The van der Waals surface area contributed by atoms with Crippen LogP contribution in [-0.2, 0) is 11.3 Å². The number of methoxy groups -OCH3 is 1. The molecule has 1 heterocycles. The Morgan fingerprint density at radius 3 is 2.49 bits per heavy atom. The van der Waals surface area contributed by atoms with Crippen molar-refractivity contribution >= 4 is 23.3 Å². The maximum Gasteiger partial charge on any atom is 0.341 e. The van der Waals surface area contributed by atoms with Crippen molar-refractivity contribution in [2.75, 3.05) is 23.9 Å². The van der Waals surface area contributed by atoms with Gasteiger partial charge in [-0.15, -0.1) is 0 Å². The number of halogens is 1. The summed E-state index contributed by atoms with van der Waals surface area (Å²) >= 11 is 0. The Morgan fingerprint density at radius 2 is 1.69 bits per heavy atom. The highest BCUT2D eigenvalue weighted by molar-refractivity contribution is 6.12. The predicted octanol–water partition coefficient (Wildman–Crippen LogP) is 6.36. The fourth-order valence-corrected chi connectivity index (χ4v) is 4.59. The number of rotatable bonds is 8. The fourth-order valence-electron chi connectivity index (χ4n) is 4.59. The van der Waals surface area contributed by atoms with E-state index in [4.69, 9.17) is 14.2 Å². The third-order valence-electron chi connectivity index (χ3n) is 6.42. The highest BCUT2D eigenvalue weighted by Crippen LogP contribution is 2.39. The normalized spacial score (nSPS) is 14.3. The monoisotopic (exact) mass is 526 g/mol. The zero-order valence-electron chi connectivity index (χ0n) is 21.5. The maximum atomic E-state index is 15.0. The first-order chi connectivity index (χ1) is 19.0. The third kappa shape index (κ3) is 5.13. The Labute approximate surface area is 225 Å². The lowest BCUT2D eigenvalue weighted by atomic mass is 10.0. The summed E-state index contributed by atoms with van der Waals surface area (Å²) in [7, 11) is 1.55. The number of amides is 1. The lowest BCUT2D eigenvalue weighted by molar-refractivity contribution is 0.0521. The molecule has 0 aromatic heterocycles. The van der Waals surface area contributed by atoms with E-state index in [0.717, 1.165) is 0 Å². The van der Waals surface area contributed by atoms with Crippen molar-refractivity contribution in [1.29, 1.82) is 0 Å². The molecule has 5 rings (SSSR count). The summed E-state index contributed by atoms with van der Waals surface area (Å²) in [6.45, 7) is 2.06. The molecule has 4 aromatic rings. The van der Waals surface area contributed by atoms with Crippen LogP contribution < -0.4 is 19.7 Å². The Kier molecular flexibility index (Phi) is 7.45. The van der Waals surface area contributed by atoms with Crippen molar-refractivity contribution in [3.8, 4) is 11.5 Å². The smallest absolute Gasteiger partial charge is 0.341 e. The van der Waals surface area contributed by atoms with Gasteiger partial charge < -0.3 is 19.5 Å². The summed E-state index contributed by atoms with van der Waals surface area (Å²) in [5.41, 5.74) is 2.94. The van der Waals surface area contributed by atoms with Crippen LogP contribution in [0.25, 0.3) is 0 Å². The lowest BCUT2D eigenvalue weighted by Gasteiger charge is -2.38. The minimum absolute atomic E-state index is 0.0738. The predicted molar refractivity (Wildman–Crippen MR) is 146 cm³/mol. The molecule has 4 aromatic carbocycles. The van der Waals surface area contributed by atoms with Gasteiger partial charge in [0.05, 0.1) is 25.0 Å².